The van der Waals surface area contributed by atoms with Gasteiger partial charge >= 0.3 is 0 Å². The Morgan fingerprint density at radius 2 is 2.00 bits per heavy atom. The molecule has 10 heavy (non-hydrogen) atoms. The average Bonchev–Trinajstić information content (AvgIpc) is 1.89. The molecule has 0 radical (unpaired) electrons. The fourth-order valence-corrected chi connectivity index (χ4v) is 0.968. The fraction of sp³-hybridized carbons (Fsp3) is 0.714. The molecular formula is C7H11NO2. The fourth-order valence-electron chi connectivity index (χ4n) is 0.968. The summed E-state index contributed by atoms with van der Waals surface area (Å²) in [4.78, 5) is 0. The topological polar surface area (TPSA) is 55.5 Å². The van der Waals surface area contributed by atoms with Crippen molar-refractivity contribution in [3.63, 3.8) is 0 Å². The lowest BCUT2D eigenvalue weighted by Crippen LogP contribution is -2.34. The van der Waals surface area contributed by atoms with E-state index in [1.165, 1.54) is 0 Å². The highest BCUT2D eigenvalue weighted by Crippen LogP contribution is 2.18. The molecule has 1 saturated heterocycles. The van der Waals surface area contributed by atoms with Crippen molar-refractivity contribution >= 4 is 0 Å². The summed E-state index contributed by atoms with van der Waals surface area (Å²) in [7, 11) is 0. The smallest absolute Gasteiger partial charge is 0.131 e. The molecule has 0 atom stereocenters. The van der Waals surface area contributed by atoms with Crippen LogP contribution in [0.25, 0.3) is 0 Å². The standard InChI is InChI=1S/C7H11NO2/c8-4-1-7(9)2-5-10-6-3-7/h9H,2-3,5-6,8H2. The molecule has 1 rings (SSSR count). The molecule has 0 aromatic heterocycles. The summed E-state index contributed by atoms with van der Waals surface area (Å²) in [5, 5.41) is 9.54. The van der Waals surface area contributed by atoms with Gasteiger partial charge in [-0.05, 0) is 5.92 Å². The number of aliphatic hydroxyl groups is 1. The predicted octanol–water partition coefficient (Wildman–Crippen LogP) is -0.553. The third-order valence-corrected chi connectivity index (χ3v) is 1.62. The molecule has 0 spiro atoms. The van der Waals surface area contributed by atoms with E-state index in [0.717, 1.165) is 0 Å². The molecule has 1 aliphatic heterocycles. The molecule has 1 fully saturated rings. The van der Waals surface area contributed by atoms with Gasteiger partial charge in [-0.25, -0.2) is 0 Å². The SMILES string of the molecule is NC#CC1(O)CCOCC1. The number of rotatable bonds is 0. The third-order valence-electron chi connectivity index (χ3n) is 1.62. The van der Waals surface area contributed by atoms with E-state index < -0.39 is 5.60 Å². The monoisotopic (exact) mass is 141 g/mol. The summed E-state index contributed by atoms with van der Waals surface area (Å²) in [5.41, 5.74) is 4.10. The van der Waals surface area contributed by atoms with Crippen LogP contribution in [-0.2, 0) is 4.74 Å². The highest BCUT2D eigenvalue weighted by molar-refractivity contribution is 5.12. The molecule has 3 heteroatoms. The Morgan fingerprint density at radius 3 is 2.50 bits per heavy atom. The van der Waals surface area contributed by atoms with Crippen molar-refractivity contribution < 1.29 is 9.84 Å². The molecule has 0 saturated carbocycles. The highest BCUT2D eigenvalue weighted by Gasteiger charge is 2.27. The number of ether oxygens (including phenoxy) is 1. The van der Waals surface area contributed by atoms with Crippen LogP contribution in [0.3, 0.4) is 0 Å². The summed E-state index contributed by atoms with van der Waals surface area (Å²) in [5.74, 6) is 2.56. The second kappa shape index (κ2) is 2.91. The van der Waals surface area contributed by atoms with Crippen LogP contribution in [0.2, 0.25) is 0 Å². The quantitative estimate of drug-likeness (QED) is 0.351. The Kier molecular flexibility index (Phi) is 2.15. The van der Waals surface area contributed by atoms with Gasteiger partial charge in [0.2, 0.25) is 0 Å². The Bertz CT molecular complexity index is 162. The van der Waals surface area contributed by atoms with Gasteiger partial charge in [0.1, 0.15) is 5.60 Å². The second-order valence-electron chi connectivity index (χ2n) is 2.41. The number of hydrogen-bond acceptors (Lipinski definition) is 3. The molecule has 1 heterocycles. The van der Waals surface area contributed by atoms with Gasteiger partial charge in [0, 0.05) is 18.9 Å². The minimum absolute atomic E-state index is 0.567. The molecule has 0 aromatic carbocycles. The lowest BCUT2D eigenvalue weighted by Gasteiger charge is -2.26. The first-order chi connectivity index (χ1) is 4.77. The van der Waals surface area contributed by atoms with E-state index in [9.17, 15) is 5.11 Å². The zero-order chi connectivity index (χ0) is 7.45. The number of hydrogen-bond donors (Lipinski definition) is 2. The maximum Gasteiger partial charge on any atom is 0.131 e. The Labute approximate surface area is 60.2 Å². The van der Waals surface area contributed by atoms with E-state index in [1.807, 2.05) is 0 Å². The summed E-state index contributed by atoms with van der Waals surface area (Å²) in [6.07, 6.45) is 1.13. The maximum absolute atomic E-state index is 9.54. The van der Waals surface area contributed by atoms with Crippen molar-refractivity contribution in [3.8, 4) is 12.0 Å². The molecule has 0 aromatic rings. The molecule has 3 nitrogen and oxygen atoms in total. The van der Waals surface area contributed by atoms with Gasteiger partial charge in [-0.3, -0.25) is 0 Å². The van der Waals surface area contributed by atoms with Crippen LogP contribution in [0, 0.1) is 12.0 Å². The largest absolute Gasteiger partial charge is 0.381 e. The summed E-state index contributed by atoms with van der Waals surface area (Å²) < 4.78 is 5.04. The van der Waals surface area contributed by atoms with Gasteiger partial charge in [0.05, 0.1) is 13.2 Å². The van der Waals surface area contributed by atoms with Crippen molar-refractivity contribution in [3.05, 3.63) is 0 Å². The van der Waals surface area contributed by atoms with Crippen molar-refractivity contribution in [2.75, 3.05) is 13.2 Å². The van der Waals surface area contributed by atoms with Crippen LogP contribution in [0.5, 0.6) is 0 Å². The summed E-state index contributed by atoms with van der Waals surface area (Å²) in [6.45, 7) is 1.15. The van der Waals surface area contributed by atoms with Gasteiger partial charge in [0.25, 0.3) is 0 Å². The first-order valence-corrected chi connectivity index (χ1v) is 3.30. The number of nitrogens with two attached hydrogens (primary N) is 1. The minimum Gasteiger partial charge on any atom is -0.381 e. The van der Waals surface area contributed by atoms with Gasteiger partial charge in [-0.15, -0.1) is 0 Å². The normalized spacial score (nSPS) is 22.9. The van der Waals surface area contributed by atoms with Crippen LogP contribution in [0.15, 0.2) is 0 Å². The van der Waals surface area contributed by atoms with Crippen LogP contribution < -0.4 is 5.73 Å². The molecule has 0 amide bonds. The van der Waals surface area contributed by atoms with E-state index in [4.69, 9.17) is 10.5 Å². The molecular weight excluding hydrogens is 130 g/mol. The molecule has 1 aliphatic rings. The van der Waals surface area contributed by atoms with Gasteiger partial charge < -0.3 is 15.6 Å². The molecule has 56 valence electrons. The van der Waals surface area contributed by atoms with Crippen molar-refractivity contribution in [2.45, 2.75) is 18.4 Å². The Morgan fingerprint density at radius 1 is 1.40 bits per heavy atom. The average molecular weight is 141 g/mol. The van der Waals surface area contributed by atoms with Crippen molar-refractivity contribution in [1.82, 2.24) is 0 Å². The molecule has 0 unspecified atom stereocenters. The van der Waals surface area contributed by atoms with Crippen LogP contribution in [-0.4, -0.2) is 23.9 Å². The van der Waals surface area contributed by atoms with E-state index >= 15 is 0 Å². The Balaban J connectivity index is 2.53. The maximum atomic E-state index is 9.54. The minimum atomic E-state index is -0.882. The lowest BCUT2D eigenvalue weighted by atomic mass is 9.96. The van der Waals surface area contributed by atoms with Gasteiger partial charge in [-0.2, -0.15) is 0 Å². The first-order valence-electron chi connectivity index (χ1n) is 3.30. The summed E-state index contributed by atoms with van der Waals surface area (Å²) >= 11 is 0. The lowest BCUT2D eigenvalue weighted by molar-refractivity contribution is -0.0262. The Hall–Kier alpha value is -0.720. The van der Waals surface area contributed by atoms with E-state index in [0.29, 0.717) is 26.1 Å². The van der Waals surface area contributed by atoms with Gasteiger partial charge in [-0.1, -0.05) is 0 Å². The molecule has 0 bridgehead atoms. The highest BCUT2D eigenvalue weighted by atomic mass is 16.5. The molecule has 0 aliphatic carbocycles. The zero-order valence-electron chi connectivity index (χ0n) is 5.76. The predicted molar refractivity (Wildman–Crippen MR) is 37.0 cm³/mol. The van der Waals surface area contributed by atoms with E-state index in [-0.39, 0.29) is 0 Å². The second-order valence-corrected chi connectivity index (χ2v) is 2.41. The van der Waals surface area contributed by atoms with Crippen LogP contribution in [0.1, 0.15) is 12.8 Å². The molecule has 3 N–H and O–H groups in total. The van der Waals surface area contributed by atoms with Crippen molar-refractivity contribution in [1.29, 1.82) is 0 Å². The van der Waals surface area contributed by atoms with Crippen LogP contribution in [0.4, 0.5) is 0 Å². The van der Waals surface area contributed by atoms with E-state index in [2.05, 4.69) is 12.0 Å². The third kappa shape index (κ3) is 1.63. The summed E-state index contributed by atoms with van der Waals surface area (Å²) in [6, 6.07) is 2.22. The van der Waals surface area contributed by atoms with Gasteiger partial charge in [0.15, 0.2) is 0 Å². The zero-order valence-corrected chi connectivity index (χ0v) is 5.76. The van der Waals surface area contributed by atoms with Crippen molar-refractivity contribution in [2.24, 2.45) is 5.73 Å². The van der Waals surface area contributed by atoms with E-state index in [1.54, 1.807) is 0 Å². The van der Waals surface area contributed by atoms with Crippen LogP contribution >= 0.6 is 0 Å². The first kappa shape index (κ1) is 7.39.